The predicted octanol–water partition coefficient (Wildman–Crippen LogP) is -23.4. The second kappa shape index (κ2) is 47.6. The molecular formula is C74H124N4O55. The molecule has 11 aliphatic rings. The van der Waals surface area contributed by atoms with Crippen LogP contribution < -0.4 is 21.3 Å². The molecule has 0 aromatic carbocycles. The van der Waals surface area contributed by atoms with Gasteiger partial charge < -0.3 is 274 Å². The van der Waals surface area contributed by atoms with Crippen LogP contribution in [0.3, 0.4) is 0 Å². The fourth-order valence-corrected chi connectivity index (χ4v) is 17.3. The summed E-state index contributed by atoms with van der Waals surface area (Å²) < 4.78 is 125. The highest BCUT2D eigenvalue weighted by Gasteiger charge is 2.63. The van der Waals surface area contributed by atoms with Gasteiger partial charge in [0.1, 0.15) is 262 Å². The summed E-state index contributed by atoms with van der Waals surface area (Å²) in [4.78, 5) is 52.0. The summed E-state index contributed by atoms with van der Waals surface area (Å²) in [7, 11) is 0. The van der Waals surface area contributed by atoms with Crippen molar-refractivity contribution in [3.63, 3.8) is 0 Å². The number of hydrogen-bond donors (Lipinski definition) is 34. The highest BCUT2D eigenvalue weighted by molar-refractivity contribution is 5.74. The fourth-order valence-electron chi connectivity index (χ4n) is 17.3. The van der Waals surface area contributed by atoms with Gasteiger partial charge in [-0.05, 0) is 6.92 Å². The van der Waals surface area contributed by atoms with Crippen LogP contribution in [0.15, 0.2) is 0 Å². The van der Waals surface area contributed by atoms with Crippen molar-refractivity contribution in [3.8, 4) is 0 Å². The molecule has 4 amide bonds. The van der Waals surface area contributed by atoms with E-state index in [0.29, 0.717) is 0 Å². The Morgan fingerprint density at radius 2 is 0.459 bits per heavy atom. The topological polar surface area (TPSA) is 917 Å². The van der Waals surface area contributed by atoms with Crippen LogP contribution in [0.2, 0.25) is 0 Å². The van der Waals surface area contributed by atoms with Gasteiger partial charge in [0.25, 0.3) is 0 Å². The lowest BCUT2D eigenvalue weighted by molar-refractivity contribution is -0.399. The first-order valence-corrected chi connectivity index (χ1v) is 42.5. The molecular weight excluding hydrogens is 1820 g/mol. The van der Waals surface area contributed by atoms with Gasteiger partial charge in [0.2, 0.25) is 23.6 Å². The second-order valence-corrected chi connectivity index (χ2v) is 33.8. The lowest BCUT2D eigenvalue weighted by atomic mass is 9.93. The van der Waals surface area contributed by atoms with Crippen LogP contribution in [0.4, 0.5) is 0 Å². The minimum atomic E-state index is -2.66. The second-order valence-electron chi connectivity index (χ2n) is 33.8. The number of nitrogens with one attached hydrogen (secondary N) is 4. The molecule has 11 aliphatic heterocycles. The molecule has 770 valence electrons. The Hall–Kier alpha value is -4.16. The van der Waals surface area contributed by atoms with Gasteiger partial charge in [0.15, 0.2) is 69.2 Å². The molecule has 133 heavy (non-hydrogen) atoms. The summed E-state index contributed by atoms with van der Waals surface area (Å²) >= 11 is 0. The van der Waals surface area contributed by atoms with Crippen LogP contribution in [-0.4, -0.2) is 580 Å². The van der Waals surface area contributed by atoms with Crippen LogP contribution in [-0.2, 0) is 119 Å². The van der Waals surface area contributed by atoms with Crippen molar-refractivity contribution in [2.24, 2.45) is 0 Å². The first-order valence-electron chi connectivity index (χ1n) is 42.5. The maximum atomic E-state index is 13.3. The standard InChI is InChI=1S/C74H124N4O55/c1-16-35(91)46(102)51(107)68(115-16)113-15-30-59(42(98)31(64(112)116-30)75-17(2)87)126-65-32(76-18(3)88)43(99)58(27(12-85)122-65)129-72-55(111)61(131-74-63(50(106)39(95)24(9-82)121-74)133-67-34(78-20(5)90)44(100)56(26(11-84)124-67)127-69-52(108)47(103)36(92)21(6-79)117-69)41(97)29(125-72)14-114-73-62(49(105)38(94)23(8-81)120-73)132-66-33(77-19(4)89)45(101)57(28(13-86)123-66)128-71-54(110)60(40(96)25(10-83)119-71)130-70-53(109)48(104)37(93)22(7-80)118-70/h16,21-74,79-86,91-112H,6-15H2,1-5H3,(H,75,87)(H,76,88)(H,77,89)(H,78,90)/t16-,21-,22-,23-,24-,25-,26-,27-,28-,29-,30-,31-,32-,33-,34+,35+,36+,37+,38-,39-,40+,41-,42-,43-,44-,45-,46+,47+,48+,49+,50+,51-,52-,53-,54-,55+,56-,57-,58-,59-,60+,61+,62+,63+,64?,65+,66+,67+,68+,69+,70-,71+,72+,73+,74-/m1/s1. The quantitative estimate of drug-likeness (QED) is 0.0284. The molecule has 11 rings (SSSR count). The van der Waals surface area contributed by atoms with E-state index < -0.39 is 427 Å². The van der Waals surface area contributed by atoms with Crippen molar-refractivity contribution in [2.75, 3.05) is 66.1 Å². The van der Waals surface area contributed by atoms with Gasteiger partial charge in [-0.15, -0.1) is 0 Å². The van der Waals surface area contributed by atoms with Crippen LogP contribution in [0.25, 0.3) is 0 Å². The molecule has 11 saturated heterocycles. The first kappa shape index (κ1) is 109. The number of carbonyl (C=O) groups excluding carboxylic acids is 4. The summed E-state index contributed by atoms with van der Waals surface area (Å²) in [6, 6.07) is -7.87. The molecule has 0 aromatic heterocycles. The molecule has 0 radical (unpaired) electrons. The minimum absolute atomic E-state index is 0.859. The van der Waals surface area contributed by atoms with Gasteiger partial charge in [-0.2, -0.15) is 0 Å². The number of carbonyl (C=O) groups is 4. The number of aliphatic hydroxyl groups excluding tert-OH is 30. The molecule has 34 N–H and O–H groups in total. The van der Waals surface area contributed by atoms with Crippen LogP contribution >= 0.6 is 0 Å². The number of aliphatic hydroxyl groups is 30. The number of ether oxygens (including phenoxy) is 21. The summed E-state index contributed by atoms with van der Waals surface area (Å²) in [5.74, 6) is -3.87. The zero-order chi connectivity index (χ0) is 97.8. The van der Waals surface area contributed by atoms with Gasteiger partial charge in [-0.25, -0.2) is 0 Å². The molecule has 11 heterocycles. The van der Waals surface area contributed by atoms with Crippen molar-refractivity contribution in [1.29, 1.82) is 0 Å². The Morgan fingerprint density at radius 1 is 0.211 bits per heavy atom. The SMILES string of the molecule is CC(=O)N[C@@H]1[C@H](O[C@@H]2[C@@H](O[C@@H]3[C@H](O)[C@H](O[C@H]4[C@H](O)[C@@H](NC(C)=O)[C@H](O[C@H]5[C@H](O)[C@@H](NC(C)=O)C(O)O[C@@H]5CO[C@H]5O[C@H](C)[C@H](O)[C@H](O)[C@H]5O)O[C@@H]4CO)O[C@H](CO[C@H]4O[C@H](CO)[C@@H](O)[C@H](O)[C@@H]4O[C@@H]4O[C@H](CO)[C@@H](O[C@@H]5O[C@H](CO)[C@H](O)[C@H](O[C@H]6O[C@H](CO)[C@H](O)[C@H](O)[C@H]6O)[C@H]5O)[C@H](O)[C@H]4NC(C)=O)[C@H]3O)O[C@H](CO)[C@@H](O)[C@@H]2O)O[C@H](CO)[C@@H](O[C@@H]2O[C@H](CO)[C@H](O)[C@H](O)[C@H]2O)[C@@H]1O. The fraction of sp³-hybridized carbons (Fsp3) is 0.946. The largest absolute Gasteiger partial charge is 0.394 e. The number of amides is 4. The van der Waals surface area contributed by atoms with Crippen molar-refractivity contribution >= 4 is 23.6 Å². The smallest absolute Gasteiger partial charge is 0.217 e. The summed E-state index contributed by atoms with van der Waals surface area (Å²) in [5, 5.41) is 345. The van der Waals surface area contributed by atoms with Gasteiger partial charge >= 0.3 is 0 Å². The highest BCUT2D eigenvalue weighted by Crippen LogP contribution is 2.42. The molecule has 1 unspecified atom stereocenters. The Morgan fingerprint density at radius 3 is 0.842 bits per heavy atom. The average Bonchev–Trinajstić information content (AvgIpc) is 0.756. The third kappa shape index (κ3) is 24.1. The summed E-state index contributed by atoms with van der Waals surface area (Å²) in [6.07, 6.45) is -107. The van der Waals surface area contributed by atoms with Crippen LogP contribution in [0, 0.1) is 0 Å². The Bertz CT molecular complexity index is 3630. The van der Waals surface area contributed by atoms with E-state index in [1.54, 1.807) is 0 Å². The highest BCUT2D eigenvalue weighted by atomic mass is 16.8. The maximum Gasteiger partial charge on any atom is 0.217 e. The average molecular weight is 1950 g/mol. The van der Waals surface area contributed by atoms with Gasteiger partial charge in [0, 0.05) is 27.7 Å². The van der Waals surface area contributed by atoms with E-state index in [9.17, 15) is 172 Å². The molecule has 59 heteroatoms. The molecule has 0 saturated carbocycles. The lowest BCUT2D eigenvalue weighted by Gasteiger charge is -2.51. The van der Waals surface area contributed by atoms with Crippen LogP contribution in [0.1, 0.15) is 34.6 Å². The van der Waals surface area contributed by atoms with E-state index in [1.807, 2.05) is 0 Å². The summed E-state index contributed by atoms with van der Waals surface area (Å²) in [5.41, 5.74) is 0. The maximum absolute atomic E-state index is 13.3. The molecule has 55 atom stereocenters. The van der Waals surface area contributed by atoms with E-state index in [0.717, 1.165) is 27.7 Å². The van der Waals surface area contributed by atoms with Gasteiger partial charge in [-0.3, -0.25) is 19.2 Å². The molecule has 11 fully saturated rings. The normalized spacial score (nSPS) is 50.1. The number of rotatable bonds is 34. The Labute approximate surface area is 752 Å². The van der Waals surface area contributed by atoms with Gasteiger partial charge in [-0.1, -0.05) is 0 Å². The van der Waals surface area contributed by atoms with E-state index in [4.69, 9.17) is 99.5 Å². The third-order valence-corrected chi connectivity index (χ3v) is 24.5. The summed E-state index contributed by atoms with van der Waals surface area (Å²) in [6.45, 7) is -6.29. The third-order valence-electron chi connectivity index (χ3n) is 24.5. The Balaban J connectivity index is 0.911. The van der Waals surface area contributed by atoms with Crippen LogP contribution in [0.5, 0.6) is 0 Å². The predicted molar refractivity (Wildman–Crippen MR) is 407 cm³/mol. The zero-order valence-electron chi connectivity index (χ0n) is 71.4. The first-order chi connectivity index (χ1) is 62.9. The van der Waals surface area contributed by atoms with E-state index >= 15 is 0 Å². The van der Waals surface area contributed by atoms with E-state index in [-0.39, 0.29) is 0 Å². The molecule has 0 aliphatic carbocycles. The minimum Gasteiger partial charge on any atom is -0.394 e. The van der Waals surface area contributed by atoms with Crippen molar-refractivity contribution in [2.45, 2.75) is 372 Å². The van der Waals surface area contributed by atoms with E-state index in [1.165, 1.54) is 6.92 Å². The molecule has 0 aromatic rings. The van der Waals surface area contributed by atoms with Crippen molar-refractivity contribution in [3.05, 3.63) is 0 Å². The number of hydrogen-bond acceptors (Lipinski definition) is 55. The monoisotopic (exact) mass is 1950 g/mol. The molecule has 0 spiro atoms. The lowest BCUT2D eigenvalue weighted by Crippen LogP contribution is -2.71. The van der Waals surface area contributed by atoms with Crippen molar-refractivity contribution < 1.29 is 272 Å². The van der Waals surface area contributed by atoms with Gasteiger partial charge in [0.05, 0.1) is 72.2 Å². The zero-order valence-corrected chi connectivity index (χ0v) is 71.4. The Kier molecular flexibility index (Phi) is 39.1. The van der Waals surface area contributed by atoms with E-state index in [2.05, 4.69) is 21.3 Å². The van der Waals surface area contributed by atoms with Crippen molar-refractivity contribution in [1.82, 2.24) is 21.3 Å². The molecule has 59 nitrogen and oxygen atoms in total. The molecule has 0 bridgehead atoms.